The van der Waals surface area contributed by atoms with Crippen LogP contribution in [0.5, 0.6) is 5.75 Å². The van der Waals surface area contributed by atoms with Crippen LogP contribution in [-0.4, -0.2) is 28.5 Å². The number of methoxy groups -OCH3 is 1. The number of para-hydroxylation sites is 2. The molecule has 2 aromatic carbocycles. The number of hydrogen-bond donors (Lipinski definition) is 1. The summed E-state index contributed by atoms with van der Waals surface area (Å²) in [4.78, 5) is 13.9. The molecule has 32 heavy (non-hydrogen) atoms. The summed E-state index contributed by atoms with van der Waals surface area (Å²) in [5.74, 6) is -0.0578. The van der Waals surface area contributed by atoms with Crippen molar-refractivity contribution < 1.29 is 17.9 Å². The molecular formula is C23H23N3O4S2. The summed E-state index contributed by atoms with van der Waals surface area (Å²) in [5.41, 5.74) is 1.60. The number of nitrogens with zero attached hydrogens (tertiary/aromatic N) is 2. The highest BCUT2D eigenvalue weighted by atomic mass is 32.2. The molecule has 1 aromatic heterocycles. The van der Waals surface area contributed by atoms with Crippen LogP contribution in [0.2, 0.25) is 0 Å². The largest absolute Gasteiger partial charge is 0.495 e. The zero-order valence-corrected chi connectivity index (χ0v) is 19.8. The SMILES string of the molecule is CCc1cc(C#N)c(NC(=O)c2cc(S(=O)(=O)N(C)c3ccccc3OC)ccc2C)s1. The fourth-order valence-electron chi connectivity index (χ4n) is 3.15. The predicted molar refractivity (Wildman–Crippen MR) is 126 cm³/mol. The first kappa shape index (κ1) is 23.3. The number of rotatable bonds is 7. The van der Waals surface area contributed by atoms with Crippen molar-refractivity contribution in [2.45, 2.75) is 25.2 Å². The Morgan fingerprint density at radius 3 is 2.59 bits per heavy atom. The molecule has 0 fully saturated rings. The van der Waals surface area contributed by atoms with Gasteiger partial charge in [0.1, 0.15) is 16.8 Å². The second kappa shape index (κ2) is 9.42. The summed E-state index contributed by atoms with van der Waals surface area (Å²) in [6.07, 6.45) is 0.747. The van der Waals surface area contributed by atoms with Crippen LogP contribution in [0.25, 0.3) is 0 Å². The number of benzene rings is 2. The Balaban J connectivity index is 1.97. The minimum absolute atomic E-state index is 0.0254. The quantitative estimate of drug-likeness (QED) is 0.546. The lowest BCUT2D eigenvalue weighted by molar-refractivity contribution is 0.102. The van der Waals surface area contributed by atoms with Gasteiger partial charge in [-0.15, -0.1) is 11.3 Å². The summed E-state index contributed by atoms with van der Waals surface area (Å²) in [7, 11) is -1.06. The van der Waals surface area contributed by atoms with Crippen molar-refractivity contribution in [3.8, 4) is 11.8 Å². The molecule has 3 rings (SSSR count). The Labute approximate surface area is 191 Å². The predicted octanol–water partition coefficient (Wildman–Crippen LogP) is 4.58. The molecule has 0 spiro atoms. The number of nitrogens with one attached hydrogen (secondary N) is 1. The van der Waals surface area contributed by atoms with Gasteiger partial charge in [-0.25, -0.2) is 8.42 Å². The van der Waals surface area contributed by atoms with Crippen LogP contribution in [0.3, 0.4) is 0 Å². The van der Waals surface area contributed by atoms with Crippen molar-refractivity contribution in [1.29, 1.82) is 5.26 Å². The van der Waals surface area contributed by atoms with E-state index in [1.54, 1.807) is 43.3 Å². The molecule has 7 nitrogen and oxygen atoms in total. The van der Waals surface area contributed by atoms with Crippen LogP contribution >= 0.6 is 11.3 Å². The summed E-state index contributed by atoms with van der Waals surface area (Å²) < 4.78 is 33.0. The zero-order valence-electron chi connectivity index (χ0n) is 18.2. The van der Waals surface area contributed by atoms with Crippen LogP contribution in [0, 0.1) is 18.3 Å². The Bertz CT molecular complexity index is 1310. The van der Waals surface area contributed by atoms with Gasteiger partial charge in [-0.2, -0.15) is 5.26 Å². The van der Waals surface area contributed by atoms with E-state index in [9.17, 15) is 18.5 Å². The maximum absolute atomic E-state index is 13.3. The standard InChI is InChI=1S/C23H23N3O4S2/c1-5-17-12-16(14-24)23(31-17)25-22(27)19-13-18(11-10-15(19)2)32(28,29)26(3)20-8-6-7-9-21(20)30-4/h6-13H,5H2,1-4H3,(H,25,27). The van der Waals surface area contributed by atoms with Gasteiger partial charge in [0.2, 0.25) is 0 Å². The molecule has 0 aliphatic rings. The van der Waals surface area contributed by atoms with Crippen molar-refractivity contribution in [2.24, 2.45) is 0 Å². The fourth-order valence-corrected chi connectivity index (χ4v) is 5.32. The minimum Gasteiger partial charge on any atom is -0.495 e. The molecule has 0 unspecified atom stereocenters. The van der Waals surface area contributed by atoms with Crippen molar-refractivity contribution in [3.05, 3.63) is 70.1 Å². The molecule has 0 radical (unpaired) electrons. The zero-order chi connectivity index (χ0) is 23.5. The molecule has 0 atom stereocenters. The third kappa shape index (κ3) is 4.47. The Morgan fingerprint density at radius 2 is 1.94 bits per heavy atom. The summed E-state index contributed by atoms with van der Waals surface area (Å²) in [6, 6.07) is 15.0. The van der Waals surface area contributed by atoms with Crippen LogP contribution in [0.15, 0.2) is 53.4 Å². The second-order valence-corrected chi connectivity index (χ2v) is 10.1. The van der Waals surface area contributed by atoms with Gasteiger partial charge < -0.3 is 10.1 Å². The summed E-state index contributed by atoms with van der Waals surface area (Å²) in [6.45, 7) is 3.70. The maximum Gasteiger partial charge on any atom is 0.264 e. The number of aryl methyl sites for hydroxylation is 2. The topological polar surface area (TPSA) is 99.5 Å². The average Bonchev–Trinajstić information content (AvgIpc) is 3.20. The smallest absolute Gasteiger partial charge is 0.264 e. The molecule has 0 saturated heterocycles. The molecular weight excluding hydrogens is 446 g/mol. The molecule has 0 aliphatic carbocycles. The lowest BCUT2D eigenvalue weighted by atomic mass is 10.1. The lowest BCUT2D eigenvalue weighted by Crippen LogP contribution is -2.27. The van der Waals surface area contributed by atoms with Crippen LogP contribution in [-0.2, 0) is 16.4 Å². The molecule has 0 bridgehead atoms. The van der Waals surface area contributed by atoms with E-state index in [1.165, 1.54) is 37.6 Å². The average molecular weight is 470 g/mol. The van der Waals surface area contributed by atoms with E-state index in [2.05, 4.69) is 11.4 Å². The second-order valence-electron chi connectivity index (χ2n) is 7.00. The summed E-state index contributed by atoms with van der Waals surface area (Å²) >= 11 is 1.33. The molecule has 9 heteroatoms. The number of amides is 1. The maximum atomic E-state index is 13.3. The number of nitriles is 1. The normalized spacial score (nSPS) is 11.0. The molecule has 1 amide bonds. The van der Waals surface area contributed by atoms with Gasteiger partial charge in [-0.1, -0.05) is 25.1 Å². The Kier molecular flexibility index (Phi) is 6.87. The number of carbonyl (C=O) groups is 1. The highest BCUT2D eigenvalue weighted by molar-refractivity contribution is 7.92. The molecule has 166 valence electrons. The number of ether oxygens (including phenoxy) is 1. The monoisotopic (exact) mass is 469 g/mol. The number of carbonyl (C=O) groups excluding carboxylic acids is 1. The van der Waals surface area contributed by atoms with Gasteiger partial charge in [-0.3, -0.25) is 9.10 Å². The van der Waals surface area contributed by atoms with E-state index in [0.29, 0.717) is 27.6 Å². The van der Waals surface area contributed by atoms with Crippen molar-refractivity contribution in [3.63, 3.8) is 0 Å². The number of hydrogen-bond acceptors (Lipinski definition) is 6. The lowest BCUT2D eigenvalue weighted by Gasteiger charge is -2.22. The van der Waals surface area contributed by atoms with Crippen LogP contribution < -0.4 is 14.4 Å². The van der Waals surface area contributed by atoms with Crippen LogP contribution in [0.1, 0.15) is 33.3 Å². The summed E-state index contributed by atoms with van der Waals surface area (Å²) in [5, 5.41) is 12.6. The number of thiophene rings is 1. The first-order chi connectivity index (χ1) is 15.2. The van der Waals surface area contributed by atoms with Gasteiger partial charge in [0.15, 0.2) is 0 Å². The Hall–Kier alpha value is -3.35. The van der Waals surface area contributed by atoms with E-state index in [-0.39, 0.29) is 10.5 Å². The van der Waals surface area contributed by atoms with Gasteiger partial charge in [0.05, 0.1) is 23.3 Å². The highest BCUT2D eigenvalue weighted by Gasteiger charge is 2.25. The molecule has 0 saturated carbocycles. The minimum atomic E-state index is -3.96. The van der Waals surface area contributed by atoms with Crippen LogP contribution in [0.4, 0.5) is 10.7 Å². The van der Waals surface area contributed by atoms with Gasteiger partial charge in [-0.05, 0) is 49.2 Å². The molecule has 1 N–H and O–H groups in total. The van der Waals surface area contributed by atoms with Gasteiger partial charge in [0.25, 0.3) is 15.9 Å². The van der Waals surface area contributed by atoms with E-state index < -0.39 is 15.9 Å². The van der Waals surface area contributed by atoms with Crippen molar-refractivity contribution in [2.75, 3.05) is 23.8 Å². The van der Waals surface area contributed by atoms with E-state index in [1.807, 2.05) is 6.92 Å². The van der Waals surface area contributed by atoms with E-state index in [4.69, 9.17) is 4.74 Å². The van der Waals surface area contributed by atoms with Crippen molar-refractivity contribution in [1.82, 2.24) is 0 Å². The van der Waals surface area contributed by atoms with Gasteiger partial charge >= 0.3 is 0 Å². The number of anilines is 2. The van der Waals surface area contributed by atoms with E-state index in [0.717, 1.165) is 15.6 Å². The third-order valence-electron chi connectivity index (χ3n) is 5.02. The number of sulfonamides is 1. The van der Waals surface area contributed by atoms with E-state index >= 15 is 0 Å². The fraction of sp³-hybridized carbons (Fsp3) is 0.217. The first-order valence-electron chi connectivity index (χ1n) is 9.79. The third-order valence-corrected chi connectivity index (χ3v) is 7.98. The van der Waals surface area contributed by atoms with Crippen molar-refractivity contribution >= 4 is 38.0 Å². The highest BCUT2D eigenvalue weighted by Crippen LogP contribution is 2.32. The molecule has 3 aromatic rings. The Morgan fingerprint density at radius 1 is 1.22 bits per heavy atom. The molecule has 0 aliphatic heterocycles. The first-order valence-corrected chi connectivity index (χ1v) is 12.0. The molecule has 1 heterocycles. The van der Waals surface area contributed by atoms with Gasteiger partial charge in [0, 0.05) is 17.5 Å².